The lowest BCUT2D eigenvalue weighted by Gasteiger charge is -2.18. The van der Waals surface area contributed by atoms with Crippen molar-refractivity contribution in [2.24, 2.45) is 7.05 Å². The molecule has 0 fully saturated rings. The van der Waals surface area contributed by atoms with Gasteiger partial charge >= 0.3 is 0 Å². The van der Waals surface area contributed by atoms with Crippen LogP contribution in [0.2, 0.25) is 0 Å². The molecular weight excluding hydrogens is 257 g/mol. The van der Waals surface area contributed by atoms with Crippen LogP contribution in [0.15, 0.2) is 36.7 Å². The molecule has 1 heterocycles. The fraction of sp³-hybridized carbons (Fsp3) is 0.400. The Hall–Kier alpha value is -1.88. The zero-order chi connectivity index (χ0) is 14.4. The van der Waals surface area contributed by atoms with Crippen molar-refractivity contribution in [3.63, 3.8) is 0 Å². The number of hydrogen-bond donors (Lipinski definition) is 1. The maximum atomic E-state index is 13.1. The summed E-state index contributed by atoms with van der Waals surface area (Å²) in [6, 6.07) is 6.24. The zero-order valence-corrected chi connectivity index (χ0v) is 11.8. The first-order valence-corrected chi connectivity index (χ1v) is 6.78. The van der Waals surface area contributed by atoms with E-state index in [9.17, 15) is 4.39 Å². The highest BCUT2D eigenvalue weighted by Crippen LogP contribution is 2.14. The van der Waals surface area contributed by atoms with Crippen LogP contribution in [0.4, 0.5) is 4.39 Å². The second kappa shape index (κ2) is 7.05. The van der Waals surface area contributed by atoms with E-state index in [1.807, 2.05) is 19.4 Å². The summed E-state index contributed by atoms with van der Waals surface area (Å²) in [5.74, 6) is 0.292. The van der Waals surface area contributed by atoms with Crippen LogP contribution in [0.25, 0.3) is 0 Å². The van der Waals surface area contributed by atoms with Gasteiger partial charge in [-0.05, 0) is 18.6 Å². The molecule has 108 valence electrons. The van der Waals surface area contributed by atoms with Gasteiger partial charge in [-0.1, -0.05) is 13.0 Å². The third-order valence-electron chi connectivity index (χ3n) is 3.01. The van der Waals surface area contributed by atoms with E-state index < -0.39 is 0 Å². The molecule has 0 amide bonds. The molecule has 5 heteroatoms. The number of aryl methyl sites for hydroxylation is 1. The first kappa shape index (κ1) is 14.5. The van der Waals surface area contributed by atoms with Crippen LogP contribution in [0.1, 0.15) is 18.9 Å². The molecule has 0 aliphatic carbocycles. The number of hydrogen-bond acceptors (Lipinski definition) is 3. The van der Waals surface area contributed by atoms with E-state index in [4.69, 9.17) is 4.74 Å². The predicted molar refractivity (Wildman–Crippen MR) is 76.0 cm³/mol. The number of ether oxygens (including phenoxy) is 1. The Balaban J connectivity index is 1.80. The summed E-state index contributed by atoms with van der Waals surface area (Å²) >= 11 is 0. The molecule has 0 saturated carbocycles. The summed E-state index contributed by atoms with van der Waals surface area (Å²) in [5.41, 5.74) is 1.13. The summed E-state index contributed by atoms with van der Waals surface area (Å²) in [5, 5.41) is 7.44. The molecule has 0 spiro atoms. The smallest absolute Gasteiger partial charge is 0.126 e. The molecule has 0 bridgehead atoms. The number of aromatic nitrogens is 2. The second-order valence-electron chi connectivity index (χ2n) is 4.76. The maximum Gasteiger partial charge on any atom is 0.126 e. The molecule has 4 nitrogen and oxygen atoms in total. The fourth-order valence-electron chi connectivity index (χ4n) is 1.94. The highest BCUT2D eigenvalue weighted by atomic mass is 19.1. The van der Waals surface area contributed by atoms with Crippen molar-refractivity contribution in [2.45, 2.75) is 26.0 Å². The van der Waals surface area contributed by atoms with Gasteiger partial charge in [-0.25, -0.2) is 4.39 Å². The largest absolute Gasteiger partial charge is 0.489 e. The number of rotatable bonds is 7. The molecule has 1 unspecified atom stereocenters. The van der Waals surface area contributed by atoms with Crippen LogP contribution in [-0.4, -0.2) is 22.4 Å². The first-order chi connectivity index (χ1) is 9.67. The molecule has 0 aliphatic heterocycles. The lowest BCUT2D eigenvalue weighted by Crippen LogP contribution is -2.30. The van der Waals surface area contributed by atoms with Crippen molar-refractivity contribution in [1.29, 1.82) is 0 Å². The Morgan fingerprint density at radius 2 is 2.30 bits per heavy atom. The zero-order valence-electron chi connectivity index (χ0n) is 11.8. The van der Waals surface area contributed by atoms with Crippen molar-refractivity contribution >= 4 is 0 Å². The minimum Gasteiger partial charge on any atom is -0.489 e. The van der Waals surface area contributed by atoms with E-state index in [1.54, 1.807) is 16.8 Å². The summed E-state index contributed by atoms with van der Waals surface area (Å²) in [7, 11) is 1.89. The number of nitrogens with one attached hydrogen (secondary N) is 1. The normalized spacial score (nSPS) is 12.3. The van der Waals surface area contributed by atoms with Gasteiger partial charge in [-0.2, -0.15) is 5.10 Å². The van der Waals surface area contributed by atoms with E-state index in [0.29, 0.717) is 12.3 Å². The van der Waals surface area contributed by atoms with Gasteiger partial charge in [0.25, 0.3) is 0 Å². The number of halogens is 1. The molecule has 1 aromatic carbocycles. The van der Waals surface area contributed by atoms with Crippen molar-refractivity contribution in [1.82, 2.24) is 15.1 Å². The highest BCUT2D eigenvalue weighted by molar-refractivity contribution is 5.22. The molecule has 2 rings (SSSR count). The summed E-state index contributed by atoms with van der Waals surface area (Å²) in [6.45, 7) is 3.51. The van der Waals surface area contributed by atoms with Crippen LogP contribution in [0, 0.1) is 5.82 Å². The average Bonchev–Trinajstić information content (AvgIpc) is 2.83. The van der Waals surface area contributed by atoms with E-state index in [1.165, 1.54) is 12.1 Å². The third kappa shape index (κ3) is 4.35. The van der Waals surface area contributed by atoms with Gasteiger partial charge in [-0.3, -0.25) is 4.68 Å². The maximum absolute atomic E-state index is 13.1. The second-order valence-corrected chi connectivity index (χ2v) is 4.76. The molecule has 0 aliphatic rings. The molecule has 2 aromatic rings. The minimum atomic E-state index is -0.277. The number of nitrogens with zero attached hydrogens (tertiary/aromatic N) is 2. The minimum absolute atomic E-state index is 0.0217. The molecule has 0 saturated heterocycles. The van der Waals surface area contributed by atoms with Gasteiger partial charge in [0.15, 0.2) is 0 Å². The highest BCUT2D eigenvalue weighted by Gasteiger charge is 2.08. The van der Waals surface area contributed by atoms with Gasteiger partial charge in [-0.15, -0.1) is 0 Å². The van der Waals surface area contributed by atoms with Crippen LogP contribution in [-0.2, 0) is 13.6 Å². The molecule has 1 aromatic heterocycles. The summed E-state index contributed by atoms with van der Waals surface area (Å²) in [4.78, 5) is 0. The van der Waals surface area contributed by atoms with Crippen molar-refractivity contribution in [2.75, 3.05) is 6.54 Å². The Morgan fingerprint density at radius 3 is 2.95 bits per heavy atom. The lowest BCUT2D eigenvalue weighted by molar-refractivity contribution is 0.192. The SMILES string of the molecule is CCC(CNCc1cnn(C)c1)Oc1cccc(F)c1. The Bertz CT molecular complexity index is 541. The summed E-state index contributed by atoms with van der Waals surface area (Å²) in [6.07, 6.45) is 4.69. The first-order valence-electron chi connectivity index (χ1n) is 6.78. The van der Waals surface area contributed by atoms with Crippen LogP contribution < -0.4 is 10.1 Å². The van der Waals surface area contributed by atoms with Crippen molar-refractivity contribution < 1.29 is 9.13 Å². The Labute approximate surface area is 118 Å². The Morgan fingerprint density at radius 1 is 1.45 bits per heavy atom. The van der Waals surface area contributed by atoms with Gasteiger partial charge in [0.2, 0.25) is 0 Å². The molecule has 1 atom stereocenters. The van der Waals surface area contributed by atoms with Gasteiger partial charge in [0.05, 0.1) is 6.20 Å². The van der Waals surface area contributed by atoms with Crippen LogP contribution in [0.5, 0.6) is 5.75 Å². The Kier molecular flexibility index (Phi) is 5.12. The van der Waals surface area contributed by atoms with Crippen LogP contribution >= 0.6 is 0 Å². The monoisotopic (exact) mass is 277 g/mol. The third-order valence-corrected chi connectivity index (χ3v) is 3.01. The topological polar surface area (TPSA) is 39.1 Å². The van der Waals surface area contributed by atoms with Gasteiger partial charge < -0.3 is 10.1 Å². The van der Waals surface area contributed by atoms with E-state index in [0.717, 1.165) is 18.5 Å². The lowest BCUT2D eigenvalue weighted by atomic mass is 10.2. The van der Waals surface area contributed by atoms with Crippen LogP contribution in [0.3, 0.4) is 0 Å². The van der Waals surface area contributed by atoms with E-state index in [2.05, 4.69) is 17.3 Å². The van der Waals surface area contributed by atoms with Crippen molar-refractivity contribution in [3.05, 3.63) is 48.0 Å². The quantitative estimate of drug-likeness (QED) is 0.845. The standard InChI is InChI=1S/C15H20FN3O/c1-3-14(20-15-6-4-5-13(16)7-15)10-17-8-12-9-18-19(2)11-12/h4-7,9,11,14,17H,3,8,10H2,1-2H3. The average molecular weight is 277 g/mol. The number of benzene rings is 1. The van der Waals surface area contributed by atoms with Crippen molar-refractivity contribution in [3.8, 4) is 5.75 Å². The fourth-order valence-corrected chi connectivity index (χ4v) is 1.94. The predicted octanol–water partition coefficient (Wildman–Crippen LogP) is 2.51. The van der Waals surface area contributed by atoms with E-state index >= 15 is 0 Å². The van der Waals surface area contributed by atoms with Gasteiger partial charge in [0, 0.05) is 38.0 Å². The molecule has 1 N–H and O–H groups in total. The molecule has 20 heavy (non-hydrogen) atoms. The van der Waals surface area contributed by atoms with E-state index in [-0.39, 0.29) is 11.9 Å². The summed E-state index contributed by atoms with van der Waals surface area (Å²) < 4.78 is 20.6. The molecular formula is C15H20FN3O. The van der Waals surface area contributed by atoms with Gasteiger partial charge in [0.1, 0.15) is 17.7 Å². The molecule has 0 radical (unpaired) electrons.